The van der Waals surface area contributed by atoms with Crippen molar-refractivity contribution in [3.63, 3.8) is 0 Å². The minimum Gasteiger partial charge on any atom is -0.465 e. The summed E-state index contributed by atoms with van der Waals surface area (Å²) in [6, 6.07) is 7.53. The molecule has 0 saturated carbocycles. The molecule has 27 heavy (non-hydrogen) atoms. The molecule has 1 amide bonds. The second kappa shape index (κ2) is 7.83. The highest BCUT2D eigenvalue weighted by Gasteiger charge is 2.14. The van der Waals surface area contributed by atoms with Crippen molar-refractivity contribution in [3.8, 4) is 0 Å². The van der Waals surface area contributed by atoms with Gasteiger partial charge in [-0.1, -0.05) is 16.8 Å². The first kappa shape index (κ1) is 18.3. The normalized spacial score (nSPS) is 10.3. The standard InChI is InChI=1S/C17H14ClN5O4/c1-9-5-15(23-27-9)22-14-7-13(19-8-20-14)16(24)21-12-6-10(17(25)26-2)3-4-11(12)18/h3-8H,1-2H3,(H,21,24)(H,19,20,22,23). The average molecular weight is 388 g/mol. The van der Waals surface area contributed by atoms with Crippen LogP contribution in [0.5, 0.6) is 0 Å². The molecule has 138 valence electrons. The Morgan fingerprint density at radius 2 is 1.96 bits per heavy atom. The molecule has 10 heteroatoms. The first-order valence-corrected chi connectivity index (χ1v) is 8.05. The third-order valence-corrected chi connectivity index (χ3v) is 3.75. The number of amides is 1. The number of nitrogens with zero attached hydrogens (tertiary/aromatic N) is 3. The van der Waals surface area contributed by atoms with Gasteiger partial charge in [0, 0.05) is 12.1 Å². The number of rotatable bonds is 5. The van der Waals surface area contributed by atoms with E-state index in [0.717, 1.165) is 0 Å². The van der Waals surface area contributed by atoms with Crippen LogP contribution in [0.4, 0.5) is 17.3 Å². The number of benzene rings is 1. The number of aryl methyl sites for hydroxylation is 1. The van der Waals surface area contributed by atoms with E-state index in [9.17, 15) is 9.59 Å². The van der Waals surface area contributed by atoms with Gasteiger partial charge in [-0.05, 0) is 25.1 Å². The van der Waals surface area contributed by atoms with Crippen molar-refractivity contribution in [2.24, 2.45) is 0 Å². The quantitative estimate of drug-likeness (QED) is 0.640. The highest BCUT2D eigenvalue weighted by atomic mass is 35.5. The van der Waals surface area contributed by atoms with Crippen molar-refractivity contribution in [1.82, 2.24) is 15.1 Å². The Kier molecular flexibility index (Phi) is 5.32. The number of anilines is 3. The zero-order chi connectivity index (χ0) is 19.4. The van der Waals surface area contributed by atoms with Gasteiger partial charge in [0.15, 0.2) is 5.82 Å². The van der Waals surface area contributed by atoms with Gasteiger partial charge in [-0.3, -0.25) is 4.79 Å². The summed E-state index contributed by atoms with van der Waals surface area (Å²) in [4.78, 5) is 32.1. The van der Waals surface area contributed by atoms with Crippen molar-refractivity contribution in [1.29, 1.82) is 0 Å². The Morgan fingerprint density at radius 1 is 1.15 bits per heavy atom. The molecule has 0 aliphatic rings. The van der Waals surface area contributed by atoms with Crippen LogP contribution >= 0.6 is 11.6 Å². The summed E-state index contributed by atoms with van der Waals surface area (Å²) >= 11 is 6.09. The Morgan fingerprint density at radius 3 is 2.67 bits per heavy atom. The van der Waals surface area contributed by atoms with E-state index in [-0.39, 0.29) is 22.0 Å². The molecule has 0 radical (unpaired) electrons. The topological polar surface area (TPSA) is 119 Å². The van der Waals surface area contributed by atoms with E-state index >= 15 is 0 Å². The van der Waals surface area contributed by atoms with E-state index in [2.05, 4.69) is 30.5 Å². The van der Waals surface area contributed by atoms with Crippen LogP contribution in [0.1, 0.15) is 26.6 Å². The highest BCUT2D eigenvalue weighted by molar-refractivity contribution is 6.34. The monoisotopic (exact) mass is 387 g/mol. The Balaban J connectivity index is 1.78. The number of ether oxygens (including phenoxy) is 1. The number of halogens is 1. The van der Waals surface area contributed by atoms with Crippen LogP contribution in [0, 0.1) is 6.92 Å². The van der Waals surface area contributed by atoms with Crippen LogP contribution in [0.15, 0.2) is 41.2 Å². The number of methoxy groups -OCH3 is 1. The summed E-state index contributed by atoms with van der Waals surface area (Å²) < 4.78 is 9.62. The van der Waals surface area contributed by atoms with E-state index < -0.39 is 11.9 Å². The van der Waals surface area contributed by atoms with E-state index in [1.165, 1.54) is 37.7 Å². The highest BCUT2D eigenvalue weighted by Crippen LogP contribution is 2.24. The zero-order valence-corrected chi connectivity index (χ0v) is 15.1. The van der Waals surface area contributed by atoms with Crippen LogP contribution in [0.25, 0.3) is 0 Å². The molecule has 0 unspecified atom stereocenters. The third-order valence-electron chi connectivity index (χ3n) is 3.42. The molecule has 0 aliphatic heterocycles. The molecule has 0 saturated heterocycles. The number of aromatic nitrogens is 3. The lowest BCUT2D eigenvalue weighted by Gasteiger charge is -2.09. The van der Waals surface area contributed by atoms with Crippen molar-refractivity contribution < 1.29 is 18.8 Å². The summed E-state index contributed by atoms with van der Waals surface area (Å²) in [6.45, 7) is 1.75. The third kappa shape index (κ3) is 4.39. The molecular weight excluding hydrogens is 374 g/mol. The second-order valence-corrected chi connectivity index (χ2v) is 5.78. The van der Waals surface area contributed by atoms with Crippen molar-refractivity contribution in [2.45, 2.75) is 6.92 Å². The molecule has 2 aromatic heterocycles. The molecular formula is C17H14ClN5O4. The Bertz CT molecular complexity index is 1000. The van der Waals surface area contributed by atoms with Crippen LogP contribution in [-0.2, 0) is 4.74 Å². The van der Waals surface area contributed by atoms with E-state index in [1.807, 2.05) is 0 Å². The number of carbonyl (C=O) groups is 2. The van der Waals surface area contributed by atoms with Crippen LogP contribution in [0.2, 0.25) is 5.02 Å². The maximum absolute atomic E-state index is 12.5. The number of hydrogen-bond acceptors (Lipinski definition) is 8. The van der Waals surface area contributed by atoms with Crippen LogP contribution < -0.4 is 10.6 Å². The first-order chi connectivity index (χ1) is 13.0. The fourth-order valence-electron chi connectivity index (χ4n) is 2.16. The van der Waals surface area contributed by atoms with Gasteiger partial charge >= 0.3 is 5.97 Å². The maximum Gasteiger partial charge on any atom is 0.337 e. The second-order valence-electron chi connectivity index (χ2n) is 5.38. The number of esters is 1. The van der Waals surface area contributed by atoms with E-state index in [4.69, 9.17) is 16.1 Å². The Labute approximate surface area is 158 Å². The van der Waals surface area contributed by atoms with Crippen molar-refractivity contribution in [2.75, 3.05) is 17.7 Å². The molecule has 9 nitrogen and oxygen atoms in total. The number of carbonyl (C=O) groups excluding carboxylic acids is 2. The molecule has 0 bridgehead atoms. The molecule has 3 rings (SSSR count). The van der Waals surface area contributed by atoms with Gasteiger partial charge in [0.2, 0.25) is 0 Å². The molecule has 3 aromatic rings. The first-order valence-electron chi connectivity index (χ1n) is 7.68. The lowest BCUT2D eigenvalue weighted by Crippen LogP contribution is -2.15. The van der Waals surface area contributed by atoms with Gasteiger partial charge < -0.3 is 19.9 Å². The number of hydrogen-bond donors (Lipinski definition) is 2. The lowest BCUT2D eigenvalue weighted by atomic mass is 10.2. The fourth-order valence-corrected chi connectivity index (χ4v) is 2.32. The Hall–Kier alpha value is -3.46. The van der Waals surface area contributed by atoms with Crippen molar-refractivity contribution >= 4 is 40.8 Å². The van der Waals surface area contributed by atoms with Gasteiger partial charge in [0.1, 0.15) is 23.6 Å². The van der Waals surface area contributed by atoms with Gasteiger partial charge in [-0.2, -0.15) is 0 Å². The summed E-state index contributed by atoms with van der Waals surface area (Å²) in [6.07, 6.45) is 1.23. The predicted molar refractivity (Wildman–Crippen MR) is 97.3 cm³/mol. The van der Waals surface area contributed by atoms with Crippen LogP contribution in [0.3, 0.4) is 0 Å². The van der Waals surface area contributed by atoms with Gasteiger partial charge in [0.25, 0.3) is 5.91 Å². The molecule has 0 fully saturated rings. The summed E-state index contributed by atoms with van der Waals surface area (Å²) in [5.74, 6) is 0.369. The molecule has 0 aliphatic carbocycles. The van der Waals surface area contributed by atoms with Gasteiger partial charge in [0.05, 0.1) is 23.4 Å². The minimum absolute atomic E-state index is 0.0901. The fraction of sp³-hybridized carbons (Fsp3) is 0.118. The smallest absolute Gasteiger partial charge is 0.337 e. The van der Waals surface area contributed by atoms with Crippen LogP contribution in [-0.4, -0.2) is 34.1 Å². The minimum atomic E-state index is -0.543. The average Bonchev–Trinajstić information content (AvgIpc) is 3.07. The van der Waals surface area contributed by atoms with Crippen molar-refractivity contribution in [3.05, 3.63) is 58.7 Å². The summed E-state index contributed by atoms with van der Waals surface area (Å²) in [5, 5.41) is 9.57. The number of nitrogens with one attached hydrogen (secondary N) is 2. The lowest BCUT2D eigenvalue weighted by molar-refractivity contribution is 0.0600. The van der Waals surface area contributed by atoms with E-state index in [0.29, 0.717) is 17.4 Å². The zero-order valence-electron chi connectivity index (χ0n) is 14.3. The maximum atomic E-state index is 12.5. The molecule has 0 atom stereocenters. The predicted octanol–water partition coefficient (Wildman–Crippen LogP) is 3.21. The molecule has 1 aromatic carbocycles. The SMILES string of the molecule is COC(=O)c1ccc(Cl)c(NC(=O)c2cc(Nc3cc(C)on3)ncn2)c1. The summed E-state index contributed by atoms with van der Waals surface area (Å²) in [7, 11) is 1.26. The largest absolute Gasteiger partial charge is 0.465 e. The molecule has 2 heterocycles. The summed E-state index contributed by atoms with van der Waals surface area (Å²) in [5.41, 5.74) is 0.598. The van der Waals surface area contributed by atoms with E-state index in [1.54, 1.807) is 13.0 Å². The molecule has 0 spiro atoms. The molecule has 2 N–H and O–H groups in total. The van der Waals surface area contributed by atoms with Gasteiger partial charge in [-0.25, -0.2) is 14.8 Å². The van der Waals surface area contributed by atoms with Gasteiger partial charge in [-0.15, -0.1) is 0 Å².